The van der Waals surface area contributed by atoms with Crippen molar-refractivity contribution in [1.29, 1.82) is 0 Å². The summed E-state index contributed by atoms with van der Waals surface area (Å²) in [4.78, 5) is 123. The van der Waals surface area contributed by atoms with Crippen LogP contribution in [0.5, 0.6) is 0 Å². The van der Waals surface area contributed by atoms with Crippen LogP contribution in [0.1, 0.15) is 78.6 Å². The summed E-state index contributed by atoms with van der Waals surface area (Å²) in [6.45, 7) is 4.84. The molecule has 22 nitrogen and oxygen atoms in total. The third-order valence-electron chi connectivity index (χ3n) is 10.2. The van der Waals surface area contributed by atoms with Crippen molar-refractivity contribution in [3.8, 4) is 0 Å². The number of hydrogen-bond acceptors (Lipinski definition) is 12. The fraction of sp³-hybridized carbons (Fsp3) is 0.722. The molecule has 2 saturated heterocycles. The quantitative estimate of drug-likeness (QED) is 0.0259. The van der Waals surface area contributed by atoms with Gasteiger partial charge in [-0.3, -0.25) is 48.1 Å². The Hall–Kier alpha value is -5.19. The number of aliphatic carboxylic acids is 2. The monoisotopic (exact) mass is 855 g/mol. The van der Waals surface area contributed by atoms with Crippen LogP contribution in [0, 0.1) is 5.92 Å². The number of rotatable bonds is 24. The van der Waals surface area contributed by atoms with Crippen LogP contribution in [-0.2, 0) is 43.2 Å². The molecule has 2 heterocycles. The van der Waals surface area contributed by atoms with E-state index in [0.717, 1.165) is 0 Å². The smallest absolute Gasteiger partial charge is 0.325 e. The molecule has 8 unspecified atom stereocenters. The predicted octanol–water partition coefficient (Wildman–Crippen LogP) is -3.22. The zero-order valence-corrected chi connectivity index (χ0v) is 34.9. The first kappa shape index (κ1) is 50.0. The fourth-order valence-electron chi connectivity index (χ4n) is 6.59. The number of nitrogens with two attached hydrogens (primary N) is 3. The topological polar surface area (TPSA) is 351 Å². The zero-order chi connectivity index (χ0) is 44.4. The molecular weight excluding hydrogens is 795 g/mol. The van der Waals surface area contributed by atoms with Crippen LogP contribution in [-0.4, -0.2) is 160 Å². The summed E-state index contributed by atoms with van der Waals surface area (Å²) in [6, 6.07) is -8.04. The maximum atomic E-state index is 13.7. The SMILES string of the molecule is CCC(C)C(N)C(=O)N1CCCC1C(=O)NC(CCCN=C(N)N)C(=O)NCC(=O)NC(CC(=O)O)C(=O)NC(CCSC)C(=O)N1CCCC1C(=O)NC(C)C(=O)O. The van der Waals surface area contributed by atoms with Gasteiger partial charge in [0.15, 0.2) is 5.96 Å². The highest BCUT2D eigenvalue weighted by molar-refractivity contribution is 7.98. The molecular formula is C36H61N11O11S. The molecule has 8 atom stereocenters. The van der Waals surface area contributed by atoms with Gasteiger partial charge >= 0.3 is 11.9 Å². The number of hydrogen-bond donors (Lipinski definition) is 10. The first-order valence-corrected chi connectivity index (χ1v) is 21.1. The Morgan fingerprint density at radius 1 is 0.797 bits per heavy atom. The third-order valence-corrected chi connectivity index (χ3v) is 10.8. The number of likely N-dealkylation sites (tertiary alicyclic amines) is 2. The molecule has 2 fully saturated rings. The van der Waals surface area contributed by atoms with E-state index in [2.05, 4.69) is 31.6 Å². The van der Waals surface area contributed by atoms with Crippen LogP contribution in [0.25, 0.3) is 0 Å². The maximum absolute atomic E-state index is 13.7. The van der Waals surface area contributed by atoms with Gasteiger partial charge in [-0.2, -0.15) is 11.8 Å². The van der Waals surface area contributed by atoms with Gasteiger partial charge in [-0.05, 0) is 69.8 Å². The van der Waals surface area contributed by atoms with E-state index in [4.69, 9.17) is 17.2 Å². The van der Waals surface area contributed by atoms with Crippen molar-refractivity contribution >= 4 is 71.0 Å². The maximum Gasteiger partial charge on any atom is 0.325 e. The first-order valence-electron chi connectivity index (χ1n) is 19.7. The molecule has 0 aliphatic carbocycles. The number of guanidine groups is 1. The number of carbonyl (C=O) groups excluding carboxylic acids is 7. The van der Waals surface area contributed by atoms with Gasteiger partial charge in [0.25, 0.3) is 0 Å². The summed E-state index contributed by atoms with van der Waals surface area (Å²) >= 11 is 1.36. The second-order valence-electron chi connectivity index (χ2n) is 14.6. The molecule has 0 bridgehead atoms. The number of carbonyl (C=O) groups is 9. The lowest BCUT2D eigenvalue weighted by molar-refractivity contribution is -0.145. The standard InChI is InChI=1S/C36H61N11O11S/c1-5-19(2)28(37)34(56)47-15-8-11-25(47)32(54)44-21(9-6-13-40-36(38)39)29(51)41-18-26(48)43-23(17-27(49)50)30(52)45-22(12-16-59-4)33(55)46-14-7-10-24(46)31(53)42-20(3)35(57)58/h19-25,28H,5-18,37H2,1-4H3,(H,41,51)(H,42,53)(H,43,48)(H,44,54)(H,45,52)(H,49,50)(H,57,58)(H4,38,39,40). The number of thioether (sulfide) groups is 1. The van der Waals surface area contributed by atoms with Crippen LogP contribution in [0.15, 0.2) is 4.99 Å². The Kier molecular flexibility index (Phi) is 20.9. The molecule has 2 aliphatic rings. The van der Waals surface area contributed by atoms with Crippen molar-refractivity contribution in [2.75, 3.05) is 38.2 Å². The molecule has 0 aromatic carbocycles. The second-order valence-corrected chi connectivity index (χ2v) is 15.6. The number of nitrogens with one attached hydrogen (secondary N) is 5. The number of amides is 7. The van der Waals surface area contributed by atoms with Crippen molar-refractivity contribution < 1.29 is 53.4 Å². The Morgan fingerprint density at radius 3 is 1.93 bits per heavy atom. The van der Waals surface area contributed by atoms with E-state index in [9.17, 15) is 53.4 Å². The van der Waals surface area contributed by atoms with Crippen LogP contribution in [0.3, 0.4) is 0 Å². The van der Waals surface area contributed by atoms with Gasteiger partial charge in [-0.25, -0.2) is 0 Å². The van der Waals surface area contributed by atoms with E-state index in [1.165, 1.54) is 28.5 Å². The molecule has 0 spiro atoms. The minimum atomic E-state index is -1.70. The fourth-order valence-corrected chi connectivity index (χ4v) is 7.06. The molecule has 2 aliphatic heterocycles. The van der Waals surface area contributed by atoms with Crippen LogP contribution in [0.4, 0.5) is 0 Å². The highest BCUT2D eigenvalue weighted by Gasteiger charge is 2.40. The second kappa shape index (κ2) is 24.7. The first-order chi connectivity index (χ1) is 27.8. The van der Waals surface area contributed by atoms with Gasteiger partial charge in [0, 0.05) is 19.6 Å². The molecule has 59 heavy (non-hydrogen) atoms. The average Bonchev–Trinajstić information content (AvgIpc) is 3.89. The molecule has 332 valence electrons. The number of carboxylic acid groups (broad SMARTS) is 2. The van der Waals surface area contributed by atoms with E-state index >= 15 is 0 Å². The van der Waals surface area contributed by atoms with Gasteiger partial charge in [-0.1, -0.05) is 20.3 Å². The van der Waals surface area contributed by atoms with E-state index < -0.39 is 103 Å². The number of aliphatic imine (C=N–C) groups is 1. The summed E-state index contributed by atoms with van der Waals surface area (Å²) in [5, 5.41) is 31.0. The van der Waals surface area contributed by atoms with Crippen molar-refractivity contribution in [2.45, 2.75) is 121 Å². The Morgan fingerprint density at radius 2 is 1.39 bits per heavy atom. The molecule has 0 saturated carbocycles. The summed E-state index contributed by atoms with van der Waals surface area (Å²) < 4.78 is 0. The molecule has 0 aromatic rings. The Bertz CT molecular complexity index is 1560. The van der Waals surface area contributed by atoms with E-state index in [1.54, 1.807) is 6.26 Å². The molecule has 0 aromatic heterocycles. The van der Waals surface area contributed by atoms with E-state index in [-0.39, 0.29) is 56.6 Å². The van der Waals surface area contributed by atoms with Gasteiger partial charge in [0.1, 0.15) is 36.3 Å². The summed E-state index contributed by atoms with van der Waals surface area (Å²) in [6.07, 6.45) is 3.44. The normalized spacial score (nSPS) is 19.2. The van der Waals surface area contributed by atoms with Gasteiger partial charge in [0.2, 0.25) is 41.4 Å². The minimum Gasteiger partial charge on any atom is -0.481 e. The van der Waals surface area contributed by atoms with Crippen molar-refractivity contribution in [2.24, 2.45) is 28.1 Å². The van der Waals surface area contributed by atoms with E-state index in [1.807, 2.05) is 13.8 Å². The van der Waals surface area contributed by atoms with Gasteiger partial charge < -0.3 is 63.8 Å². The van der Waals surface area contributed by atoms with Crippen molar-refractivity contribution in [3.05, 3.63) is 0 Å². The lowest BCUT2D eigenvalue weighted by Gasteiger charge is -2.30. The van der Waals surface area contributed by atoms with Crippen LogP contribution in [0.2, 0.25) is 0 Å². The molecule has 7 amide bonds. The van der Waals surface area contributed by atoms with Crippen LogP contribution < -0.4 is 43.8 Å². The summed E-state index contributed by atoms with van der Waals surface area (Å²) in [7, 11) is 0. The molecule has 2 rings (SSSR count). The summed E-state index contributed by atoms with van der Waals surface area (Å²) in [5.41, 5.74) is 17.0. The average molecular weight is 856 g/mol. The van der Waals surface area contributed by atoms with Gasteiger partial charge in [0.05, 0.1) is 19.0 Å². The van der Waals surface area contributed by atoms with Gasteiger partial charge in [-0.15, -0.1) is 0 Å². The third kappa shape index (κ3) is 15.8. The Balaban J connectivity index is 2.17. The summed E-state index contributed by atoms with van der Waals surface area (Å²) in [5.74, 6) is -7.72. The lowest BCUT2D eigenvalue weighted by atomic mass is 9.98. The van der Waals surface area contributed by atoms with Crippen LogP contribution >= 0.6 is 11.8 Å². The highest BCUT2D eigenvalue weighted by atomic mass is 32.2. The lowest BCUT2D eigenvalue weighted by Crippen LogP contribution is -2.58. The molecule has 0 radical (unpaired) electrons. The largest absolute Gasteiger partial charge is 0.481 e. The number of nitrogens with zero attached hydrogens (tertiary/aromatic N) is 3. The highest BCUT2D eigenvalue weighted by Crippen LogP contribution is 2.22. The van der Waals surface area contributed by atoms with E-state index in [0.29, 0.717) is 38.0 Å². The zero-order valence-electron chi connectivity index (χ0n) is 34.1. The number of carboxylic acids is 2. The molecule has 13 N–H and O–H groups in total. The Labute approximate surface area is 347 Å². The van der Waals surface area contributed by atoms with Crippen molar-refractivity contribution in [1.82, 2.24) is 36.4 Å². The minimum absolute atomic E-state index is 0.0245. The molecule has 23 heteroatoms. The van der Waals surface area contributed by atoms with Crippen molar-refractivity contribution in [3.63, 3.8) is 0 Å². The predicted molar refractivity (Wildman–Crippen MR) is 216 cm³/mol.